The topological polar surface area (TPSA) is 20.2 Å². The Bertz CT molecular complexity index is 302. The molecule has 0 saturated carbocycles. The summed E-state index contributed by atoms with van der Waals surface area (Å²) in [5, 5.41) is 9.88. The van der Waals surface area contributed by atoms with Crippen molar-refractivity contribution in [2.75, 3.05) is 0 Å². The van der Waals surface area contributed by atoms with Crippen molar-refractivity contribution in [3.8, 4) is 0 Å². The molecule has 0 fully saturated rings. The molecule has 0 bridgehead atoms. The molecule has 0 aromatic heterocycles. The summed E-state index contributed by atoms with van der Waals surface area (Å²) in [7, 11) is 0. The maximum atomic E-state index is 9.88. The van der Waals surface area contributed by atoms with Crippen molar-refractivity contribution in [3.63, 3.8) is 0 Å². The maximum Gasteiger partial charge on any atom is 0.0600 e. The zero-order chi connectivity index (χ0) is 11.8. The minimum absolute atomic E-state index is 0.208. The standard InChI is InChI=1S/C15H22O/c1-3-4-10-15(16)13(2)11-12-14-8-6-5-7-9-14/h3-9,13,15-16H,10-12H2,1-2H3/b4-3+. The first kappa shape index (κ1) is 13.0. The summed E-state index contributed by atoms with van der Waals surface area (Å²) in [4.78, 5) is 0. The van der Waals surface area contributed by atoms with Gasteiger partial charge in [0, 0.05) is 0 Å². The fraction of sp³-hybridized carbons (Fsp3) is 0.467. The number of hydrogen-bond donors (Lipinski definition) is 1. The van der Waals surface area contributed by atoms with E-state index < -0.39 is 0 Å². The van der Waals surface area contributed by atoms with Crippen LogP contribution in [0.3, 0.4) is 0 Å². The van der Waals surface area contributed by atoms with Crippen LogP contribution in [0.25, 0.3) is 0 Å². The van der Waals surface area contributed by atoms with Gasteiger partial charge in [0.2, 0.25) is 0 Å². The summed E-state index contributed by atoms with van der Waals surface area (Å²) >= 11 is 0. The number of hydrogen-bond acceptors (Lipinski definition) is 1. The highest BCUT2D eigenvalue weighted by atomic mass is 16.3. The molecule has 2 unspecified atom stereocenters. The van der Waals surface area contributed by atoms with Gasteiger partial charge in [0.15, 0.2) is 0 Å². The Labute approximate surface area is 98.8 Å². The quantitative estimate of drug-likeness (QED) is 0.724. The third-order valence-corrected chi connectivity index (χ3v) is 3.00. The third-order valence-electron chi connectivity index (χ3n) is 3.00. The molecule has 1 nitrogen and oxygen atoms in total. The summed E-state index contributed by atoms with van der Waals surface area (Å²) in [5.41, 5.74) is 1.35. The Morgan fingerprint density at radius 3 is 2.56 bits per heavy atom. The van der Waals surface area contributed by atoms with Gasteiger partial charge in [-0.25, -0.2) is 0 Å². The van der Waals surface area contributed by atoms with E-state index in [1.807, 2.05) is 25.1 Å². The van der Waals surface area contributed by atoms with Gasteiger partial charge in [-0.15, -0.1) is 0 Å². The number of aryl methyl sites for hydroxylation is 1. The lowest BCUT2D eigenvalue weighted by Gasteiger charge is -2.17. The third kappa shape index (κ3) is 4.63. The van der Waals surface area contributed by atoms with Gasteiger partial charge < -0.3 is 5.11 Å². The van der Waals surface area contributed by atoms with E-state index in [0.717, 1.165) is 19.3 Å². The Kier molecular flexibility index (Phi) is 5.87. The van der Waals surface area contributed by atoms with Crippen LogP contribution in [0, 0.1) is 5.92 Å². The lowest BCUT2D eigenvalue weighted by atomic mass is 9.94. The van der Waals surface area contributed by atoms with Gasteiger partial charge >= 0.3 is 0 Å². The highest BCUT2D eigenvalue weighted by molar-refractivity contribution is 5.14. The monoisotopic (exact) mass is 218 g/mol. The van der Waals surface area contributed by atoms with Crippen molar-refractivity contribution < 1.29 is 5.11 Å². The Morgan fingerprint density at radius 2 is 1.94 bits per heavy atom. The molecule has 0 spiro atoms. The Balaban J connectivity index is 2.32. The van der Waals surface area contributed by atoms with E-state index in [-0.39, 0.29) is 6.10 Å². The number of aliphatic hydroxyl groups excluding tert-OH is 1. The summed E-state index contributed by atoms with van der Waals surface area (Å²) in [6, 6.07) is 10.5. The van der Waals surface area contributed by atoms with Crippen LogP contribution in [0.5, 0.6) is 0 Å². The van der Waals surface area contributed by atoms with E-state index in [1.54, 1.807) is 0 Å². The molecule has 1 N–H and O–H groups in total. The fourth-order valence-corrected chi connectivity index (χ4v) is 1.74. The first-order valence-corrected chi connectivity index (χ1v) is 6.07. The van der Waals surface area contributed by atoms with Crippen molar-refractivity contribution in [2.24, 2.45) is 5.92 Å². The molecule has 88 valence electrons. The molecular formula is C15H22O. The van der Waals surface area contributed by atoms with Crippen LogP contribution in [0.1, 0.15) is 32.3 Å². The van der Waals surface area contributed by atoms with E-state index in [0.29, 0.717) is 5.92 Å². The van der Waals surface area contributed by atoms with E-state index in [2.05, 4.69) is 31.2 Å². The first-order valence-electron chi connectivity index (χ1n) is 6.07. The molecule has 1 heteroatoms. The van der Waals surface area contributed by atoms with E-state index in [4.69, 9.17) is 0 Å². The van der Waals surface area contributed by atoms with Crippen molar-refractivity contribution >= 4 is 0 Å². The second-order valence-electron chi connectivity index (χ2n) is 4.37. The van der Waals surface area contributed by atoms with Gasteiger partial charge in [-0.1, -0.05) is 49.4 Å². The second-order valence-corrected chi connectivity index (χ2v) is 4.37. The summed E-state index contributed by atoms with van der Waals surface area (Å²) in [6.07, 6.45) is 6.68. The SMILES string of the molecule is C/C=C/CC(O)C(C)CCc1ccccc1. The molecule has 2 atom stereocenters. The normalized spacial score (nSPS) is 15.2. The predicted molar refractivity (Wildman–Crippen MR) is 69.4 cm³/mol. The highest BCUT2D eigenvalue weighted by Gasteiger charge is 2.12. The van der Waals surface area contributed by atoms with Gasteiger partial charge in [0.05, 0.1) is 6.10 Å². The predicted octanol–water partition coefficient (Wildman–Crippen LogP) is 3.58. The molecule has 1 aromatic carbocycles. The van der Waals surface area contributed by atoms with E-state index in [1.165, 1.54) is 5.56 Å². The van der Waals surface area contributed by atoms with Crippen LogP contribution in [-0.4, -0.2) is 11.2 Å². The smallest absolute Gasteiger partial charge is 0.0600 e. The minimum atomic E-state index is -0.208. The average molecular weight is 218 g/mol. The van der Waals surface area contributed by atoms with E-state index >= 15 is 0 Å². The highest BCUT2D eigenvalue weighted by Crippen LogP contribution is 2.15. The molecule has 16 heavy (non-hydrogen) atoms. The maximum absolute atomic E-state index is 9.88. The molecular weight excluding hydrogens is 196 g/mol. The molecule has 0 amide bonds. The number of benzene rings is 1. The molecule has 1 aromatic rings. The summed E-state index contributed by atoms with van der Waals surface area (Å²) in [5.74, 6) is 0.358. The fourth-order valence-electron chi connectivity index (χ4n) is 1.74. The largest absolute Gasteiger partial charge is 0.393 e. The summed E-state index contributed by atoms with van der Waals surface area (Å²) in [6.45, 7) is 4.11. The number of allylic oxidation sites excluding steroid dienone is 1. The van der Waals surface area contributed by atoms with E-state index in [9.17, 15) is 5.11 Å². The zero-order valence-corrected chi connectivity index (χ0v) is 10.3. The Hall–Kier alpha value is -1.08. The number of rotatable bonds is 6. The number of aliphatic hydroxyl groups is 1. The van der Waals surface area contributed by atoms with Crippen LogP contribution in [0.15, 0.2) is 42.5 Å². The molecule has 0 aliphatic carbocycles. The molecule has 0 heterocycles. The van der Waals surface area contributed by atoms with Crippen molar-refractivity contribution in [2.45, 2.75) is 39.2 Å². The van der Waals surface area contributed by atoms with Crippen molar-refractivity contribution in [1.82, 2.24) is 0 Å². The van der Waals surface area contributed by atoms with Gasteiger partial charge in [-0.2, -0.15) is 0 Å². The molecule has 0 aliphatic rings. The lowest BCUT2D eigenvalue weighted by Crippen LogP contribution is -2.17. The molecule has 0 saturated heterocycles. The average Bonchev–Trinajstić information content (AvgIpc) is 2.34. The Morgan fingerprint density at radius 1 is 1.25 bits per heavy atom. The summed E-state index contributed by atoms with van der Waals surface area (Å²) < 4.78 is 0. The van der Waals surface area contributed by atoms with Crippen LogP contribution in [0.2, 0.25) is 0 Å². The van der Waals surface area contributed by atoms with Crippen LogP contribution < -0.4 is 0 Å². The van der Waals surface area contributed by atoms with Gasteiger partial charge in [0.1, 0.15) is 0 Å². The molecule has 0 aliphatic heterocycles. The second kappa shape index (κ2) is 7.24. The minimum Gasteiger partial charge on any atom is -0.393 e. The van der Waals surface area contributed by atoms with Crippen molar-refractivity contribution in [3.05, 3.63) is 48.0 Å². The molecule has 0 radical (unpaired) electrons. The van der Waals surface area contributed by atoms with Gasteiger partial charge in [-0.3, -0.25) is 0 Å². The van der Waals surface area contributed by atoms with Crippen LogP contribution in [0.4, 0.5) is 0 Å². The van der Waals surface area contributed by atoms with Crippen LogP contribution in [-0.2, 0) is 6.42 Å². The van der Waals surface area contributed by atoms with Crippen molar-refractivity contribution in [1.29, 1.82) is 0 Å². The van der Waals surface area contributed by atoms with Gasteiger partial charge in [0.25, 0.3) is 0 Å². The first-order chi connectivity index (χ1) is 7.74. The zero-order valence-electron chi connectivity index (χ0n) is 10.3. The molecule has 1 rings (SSSR count). The van der Waals surface area contributed by atoms with Crippen LogP contribution >= 0.6 is 0 Å². The lowest BCUT2D eigenvalue weighted by molar-refractivity contribution is 0.115. The van der Waals surface area contributed by atoms with Gasteiger partial charge in [-0.05, 0) is 37.7 Å².